The Bertz CT molecular complexity index is 1740. The molecule has 0 N–H and O–H groups in total. The molecule has 10 nitrogen and oxygen atoms in total. The van der Waals surface area contributed by atoms with Crippen molar-refractivity contribution in [1.29, 1.82) is 0 Å². The molecule has 3 rings (SSSR count). The summed E-state index contributed by atoms with van der Waals surface area (Å²) in [5.41, 5.74) is 1.31. The highest BCUT2D eigenvalue weighted by atomic mass is 28.4. The molecule has 1 unspecified atom stereocenters. The third kappa shape index (κ3) is 16.7. The second-order valence-corrected chi connectivity index (χ2v) is 36.4. The van der Waals surface area contributed by atoms with Crippen molar-refractivity contribution in [2.75, 3.05) is 27.1 Å². The van der Waals surface area contributed by atoms with Gasteiger partial charge in [0.25, 0.3) is 0 Å². The van der Waals surface area contributed by atoms with Crippen molar-refractivity contribution in [3.05, 3.63) is 77.4 Å². The summed E-state index contributed by atoms with van der Waals surface area (Å²) in [5, 5.41) is 0.0645. The Hall–Kier alpha value is -3.05. The minimum atomic E-state index is -2.03. The van der Waals surface area contributed by atoms with Gasteiger partial charge in [0, 0.05) is 35.4 Å². The average Bonchev–Trinajstić information content (AvgIpc) is 3.44. The molecule has 336 valence electrons. The lowest BCUT2D eigenvalue weighted by molar-refractivity contribution is -0.152. The third-order valence-electron chi connectivity index (χ3n) is 10.9. The maximum absolute atomic E-state index is 13.9. The van der Waals surface area contributed by atoms with Gasteiger partial charge in [-0.3, -0.25) is 0 Å². The van der Waals surface area contributed by atoms with Crippen LogP contribution in [0.25, 0.3) is 6.08 Å². The van der Waals surface area contributed by atoms with Crippen molar-refractivity contribution in [3.63, 3.8) is 0 Å². The molecule has 60 heavy (non-hydrogen) atoms. The van der Waals surface area contributed by atoms with E-state index < -0.39 is 60.5 Å². The molecule has 1 aliphatic heterocycles. The Morgan fingerprint density at radius 3 is 2.08 bits per heavy atom. The second-order valence-electron chi connectivity index (χ2n) is 20.4. The second kappa shape index (κ2) is 21.8. The van der Waals surface area contributed by atoms with Gasteiger partial charge in [0.2, 0.25) is 0 Å². The minimum absolute atomic E-state index is 0.0180. The van der Waals surface area contributed by atoms with Gasteiger partial charge in [0.1, 0.15) is 29.3 Å². The van der Waals surface area contributed by atoms with Gasteiger partial charge < -0.3 is 37.6 Å². The van der Waals surface area contributed by atoms with Crippen LogP contribution in [0.3, 0.4) is 0 Å². The van der Waals surface area contributed by atoms with E-state index >= 15 is 0 Å². The zero-order valence-corrected chi connectivity index (χ0v) is 42.6. The summed E-state index contributed by atoms with van der Waals surface area (Å²) in [5.74, 6) is -0.988. The summed E-state index contributed by atoms with van der Waals surface area (Å²) in [6.45, 7) is 33.6. The van der Waals surface area contributed by atoms with Gasteiger partial charge in [0.05, 0.1) is 24.9 Å². The number of hydrogen-bond acceptors (Lipinski definition) is 10. The van der Waals surface area contributed by atoms with Crippen LogP contribution >= 0.6 is 0 Å². The van der Waals surface area contributed by atoms with E-state index in [1.54, 1.807) is 18.2 Å². The van der Waals surface area contributed by atoms with E-state index in [-0.39, 0.29) is 29.4 Å². The third-order valence-corrected chi connectivity index (χ3v) is 18.9. The quantitative estimate of drug-likeness (QED) is 0.0491. The van der Waals surface area contributed by atoms with Gasteiger partial charge in [-0.1, -0.05) is 103 Å². The Kier molecular flexibility index (Phi) is 18.7. The van der Waals surface area contributed by atoms with Gasteiger partial charge in [-0.05, 0) is 93.2 Å². The molecule has 1 heterocycles. The standard InChI is InChI=1S/C47H76O10Si3/c1-34(35(2)57-60(15,16)46(3,4)5)25-26-39(54-44(48)36-21-18-17-19-22-36)43-40(55-47(6,7)56-43)24-20-23-37-31-38(51-27-29-58(9,10)11)32-41(53-33-50-8)42(37)45(49)52-28-30-59(12,13)14/h17-23,25-26,31-32,34-35,39-40,43H,24,27-30,33H2,1-16H3/b23-20+,26-25-/t34-,35+,39?,40-,43-/m1/s1. The van der Waals surface area contributed by atoms with Gasteiger partial charge in [-0.25, -0.2) is 9.59 Å². The van der Waals surface area contributed by atoms with Crippen LogP contribution in [-0.4, -0.2) is 93.7 Å². The normalized spacial score (nSPS) is 19.0. The lowest BCUT2D eigenvalue weighted by Crippen LogP contribution is -2.44. The number of carbonyl (C=O) groups excluding carboxylic acids is 2. The van der Waals surface area contributed by atoms with Crippen molar-refractivity contribution < 1.29 is 47.2 Å². The molecule has 0 bridgehead atoms. The molecular formula is C47H76O10Si3. The molecule has 0 aromatic heterocycles. The summed E-state index contributed by atoms with van der Waals surface area (Å²) in [6, 6.07) is 14.3. The largest absolute Gasteiger partial charge is 0.494 e. The number of esters is 2. The van der Waals surface area contributed by atoms with Crippen LogP contribution in [0.4, 0.5) is 0 Å². The van der Waals surface area contributed by atoms with Crippen molar-refractivity contribution in [2.24, 2.45) is 5.92 Å². The molecule has 1 fully saturated rings. The maximum Gasteiger partial charge on any atom is 0.342 e. The highest BCUT2D eigenvalue weighted by molar-refractivity contribution is 6.76. The van der Waals surface area contributed by atoms with E-state index in [9.17, 15) is 9.59 Å². The van der Waals surface area contributed by atoms with Crippen LogP contribution in [-0.2, 0) is 28.1 Å². The number of benzene rings is 2. The fraction of sp³-hybridized carbons (Fsp3) is 0.617. The van der Waals surface area contributed by atoms with Crippen LogP contribution in [0.1, 0.15) is 81.2 Å². The molecule has 5 atom stereocenters. The van der Waals surface area contributed by atoms with E-state index in [2.05, 4.69) is 93.1 Å². The highest BCUT2D eigenvalue weighted by Crippen LogP contribution is 2.39. The first-order valence-electron chi connectivity index (χ1n) is 21.5. The van der Waals surface area contributed by atoms with Gasteiger partial charge in [-0.2, -0.15) is 0 Å². The predicted octanol–water partition coefficient (Wildman–Crippen LogP) is 11.6. The zero-order valence-electron chi connectivity index (χ0n) is 39.6. The molecule has 0 radical (unpaired) electrons. The van der Waals surface area contributed by atoms with E-state index in [0.29, 0.717) is 42.3 Å². The Morgan fingerprint density at radius 2 is 1.48 bits per heavy atom. The van der Waals surface area contributed by atoms with Crippen LogP contribution in [0.2, 0.25) is 69.5 Å². The van der Waals surface area contributed by atoms with Crippen molar-refractivity contribution in [2.45, 2.75) is 155 Å². The summed E-state index contributed by atoms with van der Waals surface area (Å²) < 4.78 is 49.4. The van der Waals surface area contributed by atoms with Gasteiger partial charge in [-0.15, -0.1) is 0 Å². The number of rotatable bonds is 22. The number of carbonyl (C=O) groups is 2. The molecule has 0 spiro atoms. The summed E-state index contributed by atoms with van der Waals surface area (Å²) >= 11 is 0. The molecule has 13 heteroatoms. The smallest absolute Gasteiger partial charge is 0.342 e. The lowest BCUT2D eigenvalue weighted by Gasteiger charge is -2.39. The number of ether oxygens (including phenoxy) is 7. The molecule has 2 aromatic rings. The van der Waals surface area contributed by atoms with Crippen molar-refractivity contribution >= 4 is 42.5 Å². The fourth-order valence-electron chi connectivity index (χ4n) is 6.10. The maximum atomic E-state index is 13.9. The van der Waals surface area contributed by atoms with Crippen LogP contribution < -0.4 is 9.47 Å². The van der Waals surface area contributed by atoms with E-state index in [0.717, 1.165) is 12.1 Å². The summed E-state index contributed by atoms with van der Waals surface area (Å²) in [7, 11) is -3.34. The van der Waals surface area contributed by atoms with E-state index in [1.165, 1.54) is 7.11 Å². The summed E-state index contributed by atoms with van der Waals surface area (Å²) in [4.78, 5) is 27.5. The summed E-state index contributed by atoms with van der Waals surface area (Å²) in [6.07, 6.45) is 6.15. The average molecular weight is 885 g/mol. The molecule has 0 amide bonds. The molecule has 0 saturated carbocycles. The first-order chi connectivity index (χ1) is 27.7. The van der Waals surface area contributed by atoms with Crippen LogP contribution in [0.15, 0.2) is 60.7 Å². The molecule has 1 saturated heterocycles. The van der Waals surface area contributed by atoms with E-state index in [1.807, 2.05) is 56.3 Å². The van der Waals surface area contributed by atoms with Gasteiger partial charge in [0.15, 0.2) is 20.9 Å². The van der Waals surface area contributed by atoms with Crippen molar-refractivity contribution in [3.8, 4) is 11.5 Å². The molecular weight excluding hydrogens is 809 g/mol. The topological polar surface area (TPSA) is 108 Å². The van der Waals surface area contributed by atoms with E-state index in [4.69, 9.17) is 37.6 Å². The predicted molar refractivity (Wildman–Crippen MR) is 250 cm³/mol. The van der Waals surface area contributed by atoms with Gasteiger partial charge >= 0.3 is 11.9 Å². The highest BCUT2D eigenvalue weighted by Gasteiger charge is 2.46. The van der Waals surface area contributed by atoms with Crippen molar-refractivity contribution in [1.82, 2.24) is 0 Å². The van der Waals surface area contributed by atoms with Crippen LogP contribution in [0.5, 0.6) is 11.5 Å². The first kappa shape index (κ1) is 51.3. The fourth-order valence-corrected chi connectivity index (χ4v) is 9.03. The molecule has 1 aliphatic rings. The Balaban J connectivity index is 2.02. The number of methoxy groups -OCH3 is 1. The SMILES string of the molecule is COCOc1cc(OCC[Si](C)(C)C)cc(/C=C/C[C@H]2OC(C)(C)O[C@@H]2C(/C=C\[C@@H](C)[C@H](C)O[Si](C)(C)C(C)(C)C)OC(=O)c2ccccc2)c1C(=O)OCC[Si](C)(C)C. The molecule has 0 aliphatic carbocycles. The minimum Gasteiger partial charge on any atom is -0.494 e. The number of hydrogen-bond donors (Lipinski definition) is 0. The Labute approximate surface area is 364 Å². The Morgan fingerprint density at radius 1 is 0.850 bits per heavy atom. The van der Waals surface area contributed by atoms with Crippen LogP contribution in [0, 0.1) is 5.92 Å². The molecule has 2 aromatic carbocycles. The lowest BCUT2D eigenvalue weighted by atomic mass is 9.99. The zero-order chi connectivity index (χ0) is 45.1. The first-order valence-corrected chi connectivity index (χ1v) is 31.8. The monoisotopic (exact) mass is 884 g/mol.